The van der Waals surface area contributed by atoms with Crippen molar-refractivity contribution in [1.29, 1.82) is 0 Å². The Morgan fingerprint density at radius 2 is 2.16 bits per heavy atom. The van der Waals surface area contributed by atoms with Gasteiger partial charge in [0.15, 0.2) is 0 Å². The number of nitrogens with one attached hydrogen (secondary N) is 1. The van der Waals surface area contributed by atoms with Crippen LogP contribution in [0, 0.1) is 12.7 Å². The fourth-order valence-corrected chi connectivity index (χ4v) is 1.94. The van der Waals surface area contributed by atoms with Crippen LogP contribution >= 0.6 is 0 Å². The van der Waals surface area contributed by atoms with Crippen LogP contribution in [0.15, 0.2) is 30.5 Å². The highest BCUT2D eigenvalue weighted by atomic mass is 19.1. The third kappa shape index (κ3) is 3.13. The van der Waals surface area contributed by atoms with Crippen LogP contribution < -0.4 is 5.32 Å². The molecule has 0 aliphatic carbocycles. The van der Waals surface area contributed by atoms with Gasteiger partial charge in [-0.05, 0) is 38.0 Å². The minimum atomic E-state index is -0.221. The Bertz CT molecular complexity index is 528. The molecule has 0 spiro atoms. The number of halogens is 1. The Kier molecular flexibility index (Phi) is 4.20. The van der Waals surface area contributed by atoms with Crippen LogP contribution in [0.5, 0.6) is 0 Å². The van der Waals surface area contributed by atoms with Gasteiger partial charge in [-0.15, -0.1) is 0 Å². The second kappa shape index (κ2) is 5.87. The van der Waals surface area contributed by atoms with E-state index in [0.717, 1.165) is 17.7 Å². The van der Waals surface area contributed by atoms with E-state index in [0.29, 0.717) is 18.3 Å². The maximum atomic E-state index is 13.7. The molecule has 4 heteroatoms. The number of para-hydroxylation sites is 1. The molecule has 1 unspecified atom stereocenters. The summed E-state index contributed by atoms with van der Waals surface area (Å²) in [5.74, 6) is -0.221. The molecule has 3 nitrogen and oxygen atoms in total. The average molecular weight is 261 g/mol. The third-order valence-electron chi connectivity index (χ3n) is 3.37. The van der Waals surface area contributed by atoms with Crippen LogP contribution in [0.4, 0.5) is 10.1 Å². The average Bonchev–Trinajstić information content (AvgIpc) is 2.86. The number of aryl methyl sites for hydroxylation is 1. The van der Waals surface area contributed by atoms with Crippen LogP contribution in [0.3, 0.4) is 0 Å². The molecule has 0 amide bonds. The van der Waals surface area contributed by atoms with Gasteiger partial charge in [0.25, 0.3) is 0 Å². The molecule has 0 aliphatic rings. The van der Waals surface area contributed by atoms with Crippen molar-refractivity contribution in [1.82, 2.24) is 9.78 Å². The largest absolute Gasteiger partial charge is 0.377 e. The minimum absolute atomic E-state index is 0.221. The second-order valence-corrected chi connectivity index (χ2v) is 4.83. The highest BCUT2D eigenvalue weighted by Gasteiger charge is 2.07. The fourth-order valence-electron chi connectivity index (χ4n) is 1.94. The normalized spacial score (nSPS) is 12.4. The van der Waals surface area contributed by atoms with E-state index in [1.54, 1.807) is 6.07 Å². The van der Waals surface area contributed by atoms with E-state index < -0.39 is 0 Å². The van der Waals surface area contributed by atoms with E-state index in [1.807, 2.05) is 29.9 Å². The molecule has 102 valence electrons. The van der Waals surface area contributed by atoms with Crippen molar-refractivity contribution in [2.24, 2.45) is 0 Å². The molecule has 1 N–H and O–H groups in total. The number of aromatic nitrogens is 2. The predicted molar refractivity (Wildman–Crippen MR) is 75.7 cm³/mol. The zero-order valence-electron chi connectivity index (χ0n) is 11.7. The first-order valence-corrected chi connectivity index (χ1v) is 6.64. The monoisotopic (exact) mass is 261 g/mol. The van der Waals surface area contributed by atoms with Crippen molar-refractivity contribution < 1.29 is 4.39 Å². The molecule has 0 radical (unpaired) electrons. The Morgan fingerprint density at radius 3 is 2.84 bits per heavy atom. The maximum absolute atomic E-state index is 13.7. The molecule has 2 aromatic rings. The summed E-state index contributed by atoms with van der Waals surface area (Å²) in [4.78, 5) is 0. The summed E-state index contributed by atoms with van der Waals surface area (Å²) < 4.78 is 15.6. The lowest BCUT2D eigenvalue weighted by Crippen LogP contribution is -2.07. The summed E-state index contributed by atoms with van der Waals surface area (Å²) >= 11 is 0. The van der Waals surface area contributed by atoms with E-state index in [4.69, 9.17) is 0 Å². The summed E-state index contributed by atoms with van der Waals surface area (Å²) in [5, 5.41) is 7.60. The summed E-state index contributed by atoms with van der Waals surface area (Å²) in [6, 6.07) is 7.43. The van der Waals surface area contributed by atoms with Crippen molar-refractivity contribution in [2.45, 2.75) is 39.8 Å². The topological polar surface area (TPSA) is 29.9 Å². The van der Waals surface area contributed by atoms with Crippen molar-refractivity contribution in [3.63, 3.8) is 0 Å². The van der Waals surface area contributed by atoms with Crippen LogP contribution in [-0.4, -0.2) is 9.78 Å². The van der Waals surface area contributed by atoms with Gasteiger partial charge >= 0.3 is 0 Å². The number of hydrogen-bond donors (Lipinski definition) is 1. The van der Waals surface area contributed by atoms with Crippen LogP contribution in [0.1, 0.15) is 37.6 Å². The first-order valence-electron chi connectivity index (χ1n) is 6.64. The summed E-state index contributed by atoms with van der Waals surface area (Å²) in [7, 11) is 0. The molecule has 0 saturated carbocycles. The fraction of sp³-hybridized carbons (Fsp3) is 0.400. The highest BCUT2D eigenvalue weighted by Crippen LogP contribution is 2.19. The summed E-state index contributed by atoms with van der Waals surface area (Å²) in [6.07, 6.45) is 3.01. The first-order chi connectivity index (χ1) is 9.11. The molecule has 1 heterocycles. The SMILES string of the molecule is CCC(C)n1ccc(CNc2c(C)cccc2F)n1. The number of hydrogen-bond acceptors (Lipinski definition) is 2. The zero-order valence-corrected chi connectivity index (χ0v) is 11.7. The Hall–Kier alpha value is -1.84. The number of anilines is 1. The number of benzene rings is 1. The molecule has 1 aromatic carbocycles. The molecule has 0 bridgehead atoms. The van der Waals surface area contributed by atoms with Gasteiger partial charge in [-0.2, -0.15) is 5.10 Å². The summed E-state index contributed by atoms with van der Waals surface area (Å²) in [6.45, 7) is 6.69. The predicted octanol–water partition coefficient (Wildman–Crippen LogP) is 3.91. The van der Waals surface area contributed by atoms with Crippen molar-refractivity contribution in [3.05, 3.63) is 47.5 Å². The lowest BCUT2D eigenvalue weighted by Gasteiger charge is -2.10. The molecule has 0 aliphatic heterocycles. The quantitative estimate of drug-likeness (QED) is 0.884. The van der Waals surface area contributed by atoms with Gasteiger partial charge in [0.05, 0.1) is 17.9 Å². The number of nitrogens with zero attached hydrogens (tertiary/aromatic N) is 2. The zero-order chi connectivity index (χ0) is 13.8. The Morgan fingerprint density at radius 1 is 1.37 bits per heavy atom. The maximum Gasteiger partial charge on any atom is 0.146 e. The second-order valence-electron chi connectivity index (χ2n) is 4.83. The highest BCUT2D eigenvalue weighted by molar-refractivity contribution is 5.51. The van der Waals surface area contributed by atoms with E-state index in [-0.39, 0.29) is 5.82 Å². The van der Waals surface area contributed by atoms with Gasteiger partial charge in [-0.25, -0.2) is 4.39 Å². The van der Waals surface area contributed by atoms with Gasteiger partial charge in [-0.1, -0.05) is 19.1 Å². The van der Waals surface area contributed by atoms with Crippen molar-refractivity contribution in [2.75, 3.05) is 5.32 Å². The van der Waals surface area contributed by atoms with Crippen LogP contribution in [0.25, 0.3) is 0 Å². The van der Waals surface area contributed by atoms with E-state index in [1.165, 1.54) is 6.07 Å². The van der Waals surface area contributed by atoms with Gasteiger partial charge in [0.2, 0.25) is 0 Å². The van der Waals surface area contributed by atoms with E-state index >= 15 is 0 Å². The van der Waals surface area contributed by atoms with Gasteiger partial charge < -0.3 is 5.32 Å². The molecule has 0 saturated heterocycles. The molecule has 0 fully saturated rings. The Balaban J connectivity index is 2.05. The lowest BCUT2D eigenvalue weighted by molar-refractivity contribution is 0.474. The molecular weight excluding hydrogens is 241 g/mol. The first kappa shape index (κ1) is 13.6. The molecule has 2 rings (SSSR count). The third-order valence-corrected chi connectivity index (χ3v) is 3.37. The molecule has 1 aromatic heterocycles. The lowest BCUT2D eigenvalue weighted by atomic mass is 10.2. The Labute approximate surface area is 113 Å². The minimum Gasteiger partial charge on any atom is -0.377 e. The molecule has 19 heavy (non-hydrogen) atoms. The van der Waals surface area contributed by atoms with Gasteiger partial charge in [0, 0.05) is 12.2 Å². The molecular formula is C15H20FN3. The number of rotatable bonds is 5. The van der Waals surface area contributed by atoms with Crippen molar-refractivity contribution in [3.8, 4) is 0 Å². The summed E-state index contributed by atoms with van der Waals surface area (Å²) in [5.41, 5.74) is 2.38. The van der Waals surface area contributed by atoms with Gasteiger partial charge in [0.1, 0.15) is 5.82 Å². The van der Waals surface area contributed by atoms with Gasteiger partial charge in [-0.3, -0.25) is 4.68 Å². The van der Waals surface area contributed by atoms with Crippen LogP contribution in [0.2, 0.25) is 0 Å². The van der Waals surface area contributed by atoms with Crippen molar-refractivity contribution >= 4 is 5.69 Å². The van der Waals surface area contributed by atoms with E-state index in [2.05, 4.69) is 24.3 Å². The standard InChI is InChI=1S/C15H20FN3/c1-4-12(3)19-9-8-13(18-19)10-17-15-11(2)6-5-7-14(15)16/h5-9,12,17H,4,10H2,1-3H3. The van der Waals surface area contributed by atoms with Crippen LogP contribution in [-0.2, 0) is 6.54 Å². The van der Waals surface area contributed by atoms with E-state index in [9.17, 15) is 4.39 Å². The molecule has 1 atom stereocenters. The smallest absolute Gasteiger partial charge is 0.146 e.